The van der Waals surface area contributed by atoms with Crippen molar-refractivity contribution in [3.63, 3.8) is 0 Å². The lowest BCUT2D eigenvalue weighted by molar-refractivity contribution is -0.518. The van der Waals surface area contributed by atoms with E-state index in [1.807, 2.05) is 5.32 Å². The summed E-state index contributed by atoms with van der Waals surface area (Å²) in [5.41, 5.74) is -1.65. The van der Waals surface area contributed by atoms with E-state index in [1.165, 1.54) is 13.0 Å². The molecule has 2 rings (SSSR count). The topological polar surface area (TPSA) is 211 Å². The molecule has 1 fully saturated rings. The molecule has 0 heterocycles. The second-order valence-electron chi connectivity index (χ2n) is 7.05. The van der Waals surface area contributed by atoms with Crippen LogP contribution in [0.3, 0.4) is 0 Å². The molecule has 0 unspecified atom stereocenters. The van der Waals surface area contributed by atoms with Crippen LogP contribution in [0.1, 0.15) is 25.3 Å². The summed E-state index contributed by atoms with van der Waals surface area (Å²) in [6.07, 6.45) is -0.930. The van der Waals surface area contributed by atoms with Gasteiger partial charge >= 0.3 is 5.97 Å². The van der Waals surface area contributed by atoms with E-state index in [1.54, 1.807) is 6.07 Å². The van der Waals surface area contributed by atoms with Gasteiger partial charge in [-0.3, -0.25) is 39.4 Å². The van der Waals surface area contributed by atoms with Gasteiger partial charge in [-0.05, 0) is 12.0 Å². The fourth-order valence-electron chi connectivity index (χ4n) is 3.82. The van der Waals surface area contributed by atoms with Crippen LogP contribution in [0.5, 0.6) is 0 Å². The lowest BCUT2D eigenvalue weighted by atomic mass is 9.80. The van der Waals surface area contributed by atoms with Gasteiger partial charge in [-0.25, -0.2) is 0 Å². The molecule has 1 saturated carbocycles. The first kappa shape index (κ1) is 23.1. The zero-order chi connectivity index (χ0) is 23.5. The van der Waals surface area contributed by atoms with Crippen molar-refractivity contribution in [1.29, 1.82) is 5.26 Å². The van der Waals surface area contributed by atoms with Gasteiger partial charge in [0.05, 0.1) is 16.9 Å². The second-order valence-corrected chi connectivity index (χ2v) is 7.05. The number of anilines is 1. The van der Waals surface area contributed by atoms with Crippen molar-refractivity contribution >= 4 is 34.8 Å². The molecular formula is C18H16N4O9. The summed E-state index contributed by atoms with van der Waals surface area (Å²) in [4.78, 5) is 69.2. The number of carbonyl (C=O) groups excluding carboxylic acids is 3. The molecule has 1 aromatic rings. The van der Waals surface area contributed by atoms with Crippen LogP contribution in [0.2, 0.25) is 0 Å². The normalized spacial score (nSPS) is 21.0. The van der Waals surface area contributed by atoms with E-state index in [2.05, 4.69) is 0 Å². The number of benzene rings is 1. The molecule has 162 valence electrons. The lowest BCUT2D eigenvalue weighted by Crippen LogP contribution is -2.47. The number of aliphatic carboxylic acids is 1. The molecule has 4 atom stereocenters. The van der Waals surface area contributed by atoms with Crippen LogP contribution in [0.15, 0.2) is 18.2 Å². The molecule has 0 radical (unpaired) electrons. The van der Waals surface area contributed by atoms with Crippen molar-refractivity contribution in [1.82, 2.24) is 0 Å². The number of hydrogen-bond donors (Lipinski definition) is 2. The standard InChI is InChI=1S/C18H16N4O9/c1-8-5-12(23)10(6-13(24)25)14(8)16(22(30)31)17(26)18(27)20-15-9(7-19)3-2-4-11(15)21(28)29/h2-4,8,10,14,16H,5-6H2,1H3,(H,20,27)(H,24,25)/t8-,10+,14-,16+/m1/s1. The Morgan fingerprint density at radius 2 is 1.97 bits per heavy atom. The van der Waals surface area contributed by atoms with Crippen LogP contribution in [-0.4, -0.2) is 44.4 Å². The molecule has 1 amide bonds. The van der Waals surface area contributed by atoms with E-state index in [4.69, 9.17) is 10.4 Å². The first-order valence-electron chi connectivity index (χ1n) is 8.90. The molecule has 0 saturated heterocycles. The Kier molecular flexibility index (Phi) is 6.75. The molecule has 2 N–H and O–H groups in total. The zero-order valence-electron chi connectivity index (χ0n) is 16.0. The molecule has 13 heteroatoms. The average Bonchev–Trinajstić information content (AvgIpc) is 2.94. The summed E-state index contributed by atoms with van der Waals surface area (Å²) < 4.78 is 0. The van der Waals surface area contributed by atoms with Gasteiger partial charge in [-0.2, -0.15) is 5.26 Å². The number of nitrogens with zero attached hydrogens (tertiary/aromatic N) is 3. The second kappa shape index (κ2) is 9.08. The molecule has 1 aromatic carbocycles. The first-order chi connectivity index (χ1) is 14.5. The van der Waals surface area contributed by atoms with Crippen LogP contribution in [0.4, 0.5) is 11.4 Å². The number of rotatable bonds is 8. The van der Waals surface area contributed by atoms with Crippen molar-refractivity contribution in [2.24, 2.45) is 17.8 Å². The fraction of sp³-hybridized carbons (Fsp3) is 0.389. The fourth-order valence-corrected chi connectivity index (χ4v) is 3.82. The third kappa shape index (κ3) is 4.69. The predicted octanol–water partition coefficient (Wildman–Crippen LogP) is 0.935. The SMILES string of the molecule is C[C@@H]1CC(=O)[C@H](CC(=O)O)[C@@H]1[C@@H](C(=O)C(=O)Nc1c(C#N)cccc1[N+](=O)[O-])[N+](=O)[O-]. The van der Waals surface area contributed by atoms with Crippen molar-refractivity contribution in [2.75, 3.05) is 5.32 Å². The van der Waals surface area contributed by atoms with E-state index in [0.717, 1.165) is 12.1 Å². The predicted molar refractivity (Wildman–Crippen MR) is 100 cm³/mol. The molecular weight excluding hydrogens is 416 g/mol. The minimum absolute atomic E-state index is 0.190. The van der Waals surface area contributed by atoms with E-state index in [9.17, 15) is 39.4 Å². The summed E-state index contributed by atoms with van der Waals surface area (Å²) in [7, 11) is 0. The van der Waals surface area contributed by atoms with Gasteiger partial charge < -0.3 is 10.4 Å². The Bertz CT molecular complexity index is 1030. The number of carbonyl (C=O) groups is 4. The number of Topliss-reactive ketones (excluding diaryl/α,β-unsaturated/α-hetero) is 2. The monoisotopic (exact) mass is 432 g/mol. The number of amides is 1. The smallest absolute Gasteiger partial charge is 0.304 e. The molecule has 0 aromatic heterocycles. The molecule has 0 bridgehead atoms. The van der Waals surface area contributed by atoms with Gasteiger partial charge in [0.25, 0.3) is 23.4 Å². The minimum Gasteiger partial charge on any atom is -0.481 e. The summed E-state index contributed by atoms with van der Waals surface area (Å²) in [6, 6.07) is 2.65. The third-order valence-electron chi connectivity index (χ3n) is 5.14. The molecule has 0 spiro atoms. The summed E-state index contributed by atoms with van der Waals surface area (Å²) in [5.74, 6) is -8.58. The van der Waals surface area contributed by atoms with Crippen molar-refractivity contribution in [3.05, 3.63) is 44.0 Å². The maximum Gasteiger partial charge on any atom is 0.304 e. The molecule has 31 heavy (non-hydrogen) atoms. The number of carboxylic acid groups (broad SMARTS) is 1. The first-order valence-corrected chi connectivity index (χ1v) is 8.90. The van der Waals surface area contributed by atoms with Crippen LogP contribution < -0.4 is 5.32 Å². The van der Waals surface area contributed by atoms with Gasteiger partial charge in [-0.15, -0.1) is 0 Å². The molecule has 13 nitrogen and oxygen atoms in total. The van der Waals surface area contributed by atoms with Crippen LogP contribution in [-0.2, 0) is 19.2 Å². The largest absolute Gasteiger partial charge is 0.481 e. The van der Waals surface area contributed by atoms with Crippen molar-refractivity contribution in [3.8, 4) is 6.07 Å². The third-order valence-corrected chi connectivity index (χ3v) is 5.14. The number of nitrogens with one attached hydrogen (secondary N) is 1. The van der Waals surface area contributed by atoms with Gasteiger partial charge in [-0.1, -0.05) is 13.0 Å². The number of nitro groups is 2. The Balaban J connectivity index is 2.41. The van der Waals surface area contributed by atoms with Crippen molar-refractivity contribution < 1.29 is 34.1 Å². The van der Waals surface area contributed by atoms with E-state index in [0.29, 0.717) is 0 Å². The average molecular weight is 432 g/mol. The molecule has 1 aliphatic carbocycles. The van der Waals surface area contributed by atoms with Crippen molar-refractivity contribution in [2.45, 2.75) is 25.8 Å². The highest BCUT2D eigenvalue weighted by Gasteiger charge is 2.54. The maximum atomic E-state index is 12.7. The Labute approximate surface area is 173 Å². The van der Waals surface area contributed by atoms with Gasteiger partial charge in [0.15, 0.2) is 0 Å². The Morgan fingerprint density at radius 1 is 1.32 bits per heavy atom. The number of nitro benzene ring substituents is 1. The van der Waals surface area contributed by atoms with Gasteiger partial charge in [0, 0.05) is 29.2 Å². The van der Waals surface area contributed by atoms with E-state index < -0.39 is 74.9 Å². The highest BCUT2D eigenvalue weighted by molar-refractivity contribution is 6.42. The van der Waals surface area contributed by atoms with E-state index >= 15 is 0 Å². The number of carboxylic acids is 1. The number of nitriles is 1. The minimum atomic E-state index is -2.24. The Morgan fingerprint density at radius 3 is 2.48 bits per heavy atom. The molecule has 0 aliphatic heterocycles. The lowest BCUT2D eigenvalue weighted by Gasteiger charge is -2.22. The highest BCUT2D eigenvalue weighted by atomic mass is 16.6. The summed E-state index contributed by atoms with van der Waals surface area (Å²) in [5, 5.41) is 42.9. The van der Waals surface area contributed by atoms with Gasteiger partial charge in [0.2, 0.25) is 0 Å². The number of para-hydroxylation sites is 1. The molecule has 1 aliphatic rings. The number of ketones is 2. The van der Waals surface area contributed by atoms with E-state index in [-0.39, 0.29) is 12.0 Å². The maximum absolute atomic E-state index is 12.7. The highest BCUT2D eigenvalue weighted by Crippen LogP contribution is 2.40. The number of hydrogen-bond acceptors (Lipinski definition) is 9. The van der Waals surface area contributed by atoms with Crippen LogP contribution in [0.25, 0.3) is 0 Å². The van der Waals surface area contributed by atoms with Crippen LogP contribution in [0, 0.1) is 49.3 Å². The zero-order valence-corrected chi connectivity index (χ0v) is 16.0. The summed E-state index contributed by atoms with van der Waals surface area (Å²) >= 11 is 0. The quantitative estimate of drug-likeness (QED) is 0.337. The van der Waals surface area contributed by atoms with Gasteiger partial charge in [0.1, 0.15) is 17.5 Å². The Hall–Kier alpha value is -4.21. The van der Waals surface area contributed by atoms with Crippen LogP contribution >= 0.6 is 0 Å². The summed E-state index contributed by atoms with van der Waals surface area (Å²) in [6.45, 7) is 1.43.